The summed E-state index contributed by atoms with van der Waals surface area (Å²) >= 11 is 0. The van der Waals surface area contributed by atoms with E-state index in [1.807, 2.05) is 13.8 Å². The molecule has 10 nitrogen and oxygen atoms in total. The summed E-state index contributed by atoms with van der Waals surface area (Å²) in [5.74, 6) is -0.281. The Morgan fingerprint density at radius 3 is 2.42 bits per heavy atom. The molecule has 0 spiro atoms. The first-order valence-electron chi connectivity index (χ1n) is 11.4. The number of pyridine rings is 1. The van der Waals surface area contributed by atoms with Gasteiger partial charge in [0.1, 0.15) is 5.60 Å². The van der Waals surface area contributed by atoms with Crippen molar-refractivity contribution in [2.75, 3.05) is 13.1 Å². The molecule has 2 aromatic heterocycles. The Balaban J connectivity index is 1.88. The topological polar surface area (TPSA) is 126 Å². The number of aromatic amines is 1. The van der Waals surface area contributed by atoms with E-state index in [1.165, 1.54) is 4.57 Å². The summed E-state index contributed by atoms with van der Waals surface area (Å²) in [5.41, 5.74) is -0.639. The van der Waals surface area contributed by atoms with Gasteiger partial charge in [-0.1, -0.05) is 13.8 Å². The van der Waals surface area contributed by atoms with Crippen molar-refractivity contribution in [3.8, 4) is 0 Å². The van der Waals surface area contributed by atoms with E-state index in [1.54, 1.807) is 38.7 Å². The number of ether oxygens (including phenoxy) is 1. The number of H-pyrrole nitrogens is 1. The van der Waals surface area contributed by atoms with Crippen molar-refractivity contribution in [3.63, 3.8) is 0 Å². The zero-order chi connectivity index (χ0) is 24.5. The van der Waals surface area contributed by atoms with Crippen molar-refractivity contribution in [2.24, 2.45) is 0 Å². The summed E-state index contributed by atoms with van der Waals surface area (Å²) in [6.45, 7) is 12.2. The maximum atomic E-state index is 13.5. The Hall–Kier alpha value is -3.17. The number of hydrogen-bond acceptors (Lipinski definition) is 6. The van der Waals surface area contributed by atoms with Crippen molar-refractivity contribution in [3.05, 3.63) is 38.2 Å². The molecule has 0 atom stereocenters. The molecule has 1 aliphatic rings. The standard InChI is InChI=1S/C23H33N5O5/c1-7-28-18-17(19(29)26-21(28)31)15(12-16(25-18)13(2)3)20(30)27-10-8-14(9-11-27)24-22(32)33-23(4,5)6/h12-14H,7-11H2,1-6H3,(H,24,32)(H,26,29,31). The number of aromatic nitrogens is 3. The summed E-state index contributed by atoms with van der Waals surface area (Å²) in [6, 6.07) is 1.55. The molecule has 1 fully saturated rings. The van der Waals surface area contributed by atoms with Gasteiger partial charge in [-0.05, 0) is 52.5 Å². The van der Waals surface area contributed by atoms with Gasteiger partial charge in [0, 0.05) is 31.4 Å². The van der Waals surface area contributed by atoms with Crippen LogP contribution in [0.4, 0.5) is 4.79 Å². The number of carbonyl (C=O) groups is 2. The van der Waals surface area contributed by atoms with E-state index in [0.717, 1.165) is 0 Å². The number of piperidine rings is 1. The summed E-state index contributed by atoms with van der Waals surface area (Å²) in [4.78, 5) is 59.0. The van der Waals surface area contributed by atoms with Gasteiger partial charge in [0.15, 0.2) is 5.65 Å². The van der Waals surface area contributed by atoms with Crippen molar-refractivity contribution < 1.29 is 14.3 Å². The Morgan fingerprint density at radius 1 is 1.24 bits per heavy atom. The zero-order valence-corrected chi connectivity index (χ0v) is 20.2. The molecule has 180 valence electrons. The lowest BCUT2D eigenvalue weighted by molar-refractivity contribution is 0.0474. The van der Waals surface area contributed by atoms with Gasteiger partial charge in [-0.2, -0.15) is 0 Å². The van der Waals surface area contributed by atoms with E-state index in [0.29, 0.717) is 38.2 Å². The number of fused-ring (bicyclic) bond motifs is 1. The normalized spacial score (nSPS) is 15.2. The van der Waals surface area contributed by atoms with Crippen LogP contribution in [-0.4, -0.2) is 56.2 Å². The number of hydrogen-bond donors (Lipinski definition) is 2. The van der Waals surface area contributed by atoms with Crippen molar-refractivity contribution in [1.82, 2.24) is 24.8 Å². The van der Waals surface area contributed by atoms with E-state index in [2.05, 4.69) is 15.3 Å². The summed E-state index contributed by atoms with van der Waals surface area (Å²) in [5, 5.41) is 2.98. The molecule has 0 aromatic carbocycles. The highest BCUT2D eigenvalue weighted by Gasteiger charge is 2.29. The maximum absolute atomic E-state index is 13.5. The van der Waals surface area contributed by atoms with Crippen LogP contribution in [0.2, 0.25) is 0 Å². The highest BCUT2D eigenvalue weighted by Crippen LogP contribution is 2.23. The number of likely N-dealkylation sites (tertiary alicyclic amines) is 1. The molecule has 1 aliphatic heterocycles. The van der Waals surface area contributed by atoms with Crippen LogP contribution in [0.25, 0.3) is 11.0 Å². The molecule has 1 saturated heterocycles. The monoisotopic (exact) mass is 459 g/mol. The van der Waals surface area contributed by atoms with Gasteiger partial charge in [0.05, 0.1) is 10.9 Å². The predicted molar refractivity (Wildman–Crippen MR) is 125 cm³/mol. The summed E-state index contributed by atoms with van der Waals surface area (Å²) < 4.78 is 6.68. The molecule has 0 aliphatic carbocycles. The van der Waals surface area contributed by atoms with E-state index in [9.17, 15) is 19.2 Å². The van der Waals surface area contributed by atoms with Crippen molar-refractivity contribution >= 4 is 23.0 Å². The van der Waals surface area contributed by atoms with Crippen LogP contribution in [0.3, 0.4) is 0 Å². The molecule has 2 aromatic rings. The van der Waals surface area contributed by atoms with Gasteiger partial charge in [-0.15, -0.1) is 0 Å². The van der Waals surface area contributed by atoms with Crippen LogP contribution in [0, 0.1) is 0 Å². The Bertz CT molecular complexity index is 1170. The fraction of sp³-hybridized carbons (Fsp3) is 0.609. The molecule has 0 saturated carbocycles. The third kappa shape index (κ3) is 5.43. The van der Waals surface area contributed by atoms with Gasteiger partial charge in [0.25, 0.3) is 11.5 Å². The van der Waals surface area contributed by atoms with Crippen LogP contribution in [0.15, 0.2) is 15.7 Å². The number of rotatable bonds is 4. The molecule has 10 heteroatoms. The highest BCUT2D eigenvalue weighted by atomic mass is 16.6. The Morgan fingerprint density at radius 2 is 1.88 bits per heavy atom. The molecule has 0 unspecified atom stereocenters. The van der Waals surface area contributed by atoms with Crippen LogP contribution in [0.1, 0.15) is 76.4 Å². The predicted octanol–water partition coefficient (Wildman–Crippen LogP) is 2.36. The first kappa shape index (κ1) is 24.5. The minimum absolute atomic E-state index is 0.00408. The van der Waals surface area contributed by atoms with E-state index in [4.69, 9.17) is 4.74 Å². The molecule has 2 N–H and O–H groups in total. The van der Waals surface area contributed by atoms with Gasteiger partial charge < -0.3 is 15.0 Å². The number of carbonyl (C=O) groups excluding carboxylic acids is 2. The third-order valence-electron chi connectivity index (χ3n) is 5.61. The van der Waals surface area contributed by atoms with E-state index in [-0.39, 0.29) is 34.5 Å². The Labute approximate surface area is 192 Å². The van der Waals surface area contributed by atoms with Crippen LogP contribution in [-0.2, 0) is 11.3 Å². The maximum Gasteiger partial charge on any atom is 0.407 e. The lowest BCUT2D eigenvalue weighted by Gasteiger charge is -2.33. The molecule has 3 heterocycles. The number of alkyl carbamates (subject to hydrolysis) is 1. The second kappa shape index (κ2) is 9.36. The van der Waals surface area contributed by atoms with Gasteiger partial charge in [-0.25, -0.2) is 14.6 Å². The average molecular weight is 460 g/mol. The first-order chi connectivity index (χ1) is 15.4. The van der Waals surface area contributed by atoms with Gasteiger partial charge in [-0.3, -0.25) is 19.1 Å². The molecule has 33 heavy (non-hydrogen) atoms. The highest BCUT2D eigenvalue weighted by molar-refractivity contribution is 6.05. The minimum atomic E-state index is -0.618. The average Bonchev–Trinajstić information content (AvgIpc) is 2.71. The smallest absolute Gasteiger partial charge is 0.407 e. The van der Waals surface area contributed by atoms with Crippen molar-refractivity contribution in [1.29, 1.82) is 0 Å². The first-order valence-corrected chi connectivity index (χ1v) is 11.4. The summed E-state index contributed by atoms with van der Waals surface area (Å²) in [6.07, 6.45) is 0.667. The molecule has 2 amide bonds. The third-order valence-corrected chi connectivity index (χ3v) is 5.61. The number of aryl methyl sites for hydroxylation is 1. The van der Waals surface area contributed by atoms with E-state index < -0.39 is 22.9 Å². The fourth-order valence-electron chi connectivity index (χ4n) is 3.92. The number of nitrogens with one attached hydrogen (secondary N) is 2. The molecular formula is C23H33N5O5. The van der Waals surface area contributed by atoms with E-state index >= 15 is 0 Å². The van der Waals surface area contributed by atoms with Crippen LogP contribution >= 0.6 is 0 Å². The SMILES string of the molecule is CCn1c(=O)[nH]c(=O)c2c(C(=O)N3CCC(NC(=O)OC(C)(C)C)CC3)cc(C(C)C)nc21. The molecular weight excluding hydrogens is 426 g/mol. The van der Waals surface area contributed by atoms with Crippen LogP contribution in [0.5, 0.6) is 0 Å². The van der Waals surface area contributed by atoms with Crippen LogP contribution < -0.4 is 16.6 Å². The van der Waals surface area contributed by atoms with Crippen molar-refractivity contribution in [2.45, 2.75) is 78.5 Å². The minimum Gasteiger partial charge on any atom is -0.444 e. The number of nitrogens with zero attached hydrogens (tertiary/aromatic N) is 3. The second-order valence-corrected chi connectivity index (χ2v) is 9.66. The fourth-order valence-corrected chi connectivity index (χ4v) is 3.92. The molecule has 3 rings (SSSR count). The Kier molecular flexibility index (Phi) is 6.94. The lowest BCUT2D eigenvalue weighted by Crippen LogP contribution is -2.47. The summed E-state index contributed by atoms with van der Waals surface area (Å²) in [7, 11) is 0. The molecule has 0 bridgehead atoms. The molecule has 0 radical (unpaired) electrons. The largest absolute Gasteiger partial charge is 0.444 e. The second-order valence-electron chi connectivity index (χ2n) is 9.66. The zero-order valence-electron chi connectivity index (χ0n) is 20.2. The lowest BCUT2D eigenvalue weighted by atomic mass is 10.0. The van der Waals surface area contributed by atoms with Gasteiger partial charge >= 0.3 is 11.8 Å². The number of amides is 2. The quantitative estimate of drug-likeness (QED) is 0.723. The van der Waals surface area contributed by atoms with Gasteiger partial charge in [0.2, 0.25) is 0 Å².